The largest absolute Gasteiger partial charge is 0.370 e. The summed E-state index contributed by atoms with van der Waals surface area (Å²) in [5.41, 5.74) is 4.19. The molecule has 0 radical (unpaired) electrons. The lowest BCUT2D eigenvalue weighted by molar-refractivity contribution is -0.117. The van der Waals surface area contributed by atoms with Crippen molar-refractivity contribution < 1.29 is 9.18 Å². The fraction of sp³-hybridized carbons (Fsp3) is 0.136. The molecule has 0 aliphatic rings. The molecule has 0 heterocycles. The summed E-state index contributed by atoms with van der Waals surface area (Å²) >= 11 is 0. The summed E-state index contributed by atoms with van der Waals surface area (Å²) in [6.07, 6.45) is 0. The number of amides is 1. The fourth-order valence-corrected chi connectivity index (χ4v) is 2.77. The van der Waals surface area contributed by atoms with E-state index >= 15 is 0 Å². The van der Waals surface area contributed by atoms with Gasteiger partial charge in [0.05, 0.1) is 0 Å². The maximum atomic E-state index is 13.5. The summed E-state index contributed by atoms with van der Waals surface area (Å²) in [4.78, 5) is 13.0. The van der Waals surface area contributed by atoms with E-state index in [1.54, 1.807) is 12.1 Å². The van der Waals surface area contributed by atoms with Crippen molar-refractivity contribution in [2.24, 2.45) is 0 Å². The molecular formula is C22H21FN2O. The summed E-state index contributed by atoms with van der Waals surface area (Å²) in [7, 11) is 0. The average Bonchev–Trinajstić information content (AvgIpc) is 2.63. The summed E-state index contributed by atoms with van der Waals surface area (Å²) < 4.78 is 13.5. The van der Waals surface area contributed by atoms with Crippen LogP contribution in [0.2, 0.25) is 0 Å². The van der Waals surface area contributed by atoms with Gasteiger partial charge in [-0.05, 0) is 54.8 Å². The minimum atomic E-state index is -0.641. The Labute approximate surface area is 152 Å². The van der Waals surface area contributed by atoms with E-state index in [1.807, 2.05) is 62.4 Å². The van der Waals surface area contributed by atoms with Crippen molar-refractivity contribution in [1.29, 1.82) is 0 Å². The smallest absolute Gasteiger partial charge is 0.251 e. The fourth-order valence-electron chi connectivity index (χ4n) is 2.77. The molecule has 0 fully saturated rings. The Morgan fingerprint density at radius 3 is 2.42 bits per heavy atom. The predicted molar refractivity (Wildman–Crippen MR) is 104 cm³/mol. The molecule has 3 rings (SSSR count). The number of carbonyl (C=O) groups is 1. The van der Waals surface area contributed by atoms with Gasteiger partial charge < -0.3 is 10.6 Å². The van der Waals surface area contributed by atoms with Gasteiger partial charge in [-0.25, -0.2) is 4.39 Å². The van der Waals surface area contributed by atoms with Crippen LogP contribution in [0.15, 0.2) is 72.8 Å². The van der Waals surface area contributed by atoms with Crippen molar-refractivity contribution in [3.8, 4) is 0 Å². The lowest BCUT2D eigenvalue weighted by Crippen LogP contribution is -2.27. The second kappa shape index (κ2) is 7.83. The Morgan fingerprint density at radius 2 is 1.69 bits per heavy atom. The van der Waals surface area contributed by atoms with Crippen molar-refractivity contribution in [2.45, 2.75) is 19.9 Å². The van der Waals surface area contributed by atoms with E-state index in [1.165, 1.54) is 12.1 Å². The number of aryl methyl sites for hydroxylation is 2. The van der Waals surface area contributed by atoms with Gasteiger partial charge in [0.25, 0.3) is 5.91 Å². The highest BCUT2D eigenvalue weighted by atomic mass is 19.1. The quantitative estimate of drug-likeness (QED) is 0.662. The van der Waals surface area contributed by atoms with Gasteiger partial charge in [-0.3, -0.25) is 4.79 Å². The zero-order valence-electron chi connectivity index (χ0n) is 14.8. The number of halogens is 1. The Bertz CT molecular complexity index is 909. The van der Waals surface area contributed by atoms with E-state index in [0.717, 1.165) is 22.4 Å². The average molecular weight is 348 g/mol. The highest BCUT2D eigenvalue weighted by Crippen LogP contribution is 2.24. The van der Waals surface area contributed by atoms with E-state index in [2.05, 4.69) is 10.6 Å². The van der Waals surface area contributed by atoms with E-state index in [4.69, 9.17) is 0 Å². The molecule has 0 spiro atoms. The molecule has 132 valence electrons. The minimum absolute atomic E-state index is 0.200. The van der Waals surface area contributed by atoms with Crippen molar-refractivity contribution in [3.05, 3.63) is 95.3 Å². The zero-order chi connectivity index (χ0) is 18.5. The molecule has 1 atom stereocenters. The first-order valence-corrected chi connectivity index (χ1v) is 8.48. The van der Waals surface area contributed by atoms with Crippen LogP contribution in [0.5, 0.6) is 0 Å². The second-order valence-corrected chi connectivity index (χ2v) is 6.31. The van der Waals surface area contributed by atoms with Gasteiger partial charge in [0.2, 0.25) is 0 Å². The third-order valence-corrected chi connectivity index (χ3v) is 4.18. The number of benzene rings is 3. The lowest BCUT2D eigenvalue weighted by Gasteiger charge is -2.21. The van der Waals surface area contributed by atoms with Crippen molar-refractivity contribution in [1.82, 2.24) is 0 Å². The summed E-state index contributed by atoms with van der Waals surface area (Å²) in [5.74, 6) is -0.550. The molecule has 1 amide bonds. The minimum Gasteiger partial charge on any atom is -0.370 e. The van der Waals surface area contributed by atoms with Crippen molar-refractivity contribution in [2.75, 3.05) is 10.6 Å². The van der Waals surface area contributed by atoms with Gasteiger partial charge in [0.1, 0.15) is 11.9 Å². The number of hydrogen-bond acceptors (Lipinski definition) is 2. The van der Waals surface area contributed by atoms with Gasteiger partial charge in [-0.1, -0.05) is 48.5 Å². The number of rotatable bonds is 5. The van der Waals surface area contributed by atoms with Crippen LogP contribution >= 0.6 is 0 Å². The maximum absolute atomic E-state index is 13.5. The summed E-state index contributed by atoms with van der Waals surface area (Å²) in [6.45, 7) is 3.93. The predicted octanol–water partition coefficient (Wildman–Crippen LogP) is 5.23. The second-order valence-electron chi connectivity index (χ2n) is 6.31. The molecule has 0 aliphatic carbocycles. The number of hydrogen-bond donors (Lipinski definition) is 2. The van der Waals surface area contributed by atoms with E-state index in [0.29, 0.717) is 5.69 Å². The van der Waals surface area contributed by atoms with Crippen LogP contribution in [0.4, 0.5) is 15.8 Å². The molecule has 3 nitrogen and oxygen atoms in total. The van der Waals surface area contributed by atoms with Crippen LogP contribution in [0.3, 0.4) is 0 Å². The molecule has 0 unspecified atom stereocenters. The molecule has 0 aromatic heterocycles. The van der Waals surface area contributed by atoms with Gasteiger partial charge >= 0.3 is 0 Å². The normalized spacial score (nSPS) is 11.7. The lowest BCUT2D eigenvalue weighted by atomic mass is 10.0. The van der Waals surface area contributed by atoms with Crippen molar-refractivity contribution >= 4 is 17.3 Å². The van der Waals surface area contributed by atoms with Crippen LogP contribution in [-0.4, -0.2) is 5.91 Å². The molecule has 4 heteroatoms. The van der Waals surface area contributed by atoms with Crippen LogP contribution in [0.1, 0.15) is 22.7 Å². The van der Waals surface area contributed by atoms with Gasteiger partial charge in [0.15, 0.2) is 0 Å². The van der Waals surface area contributed by atoms with Crippen molar-refractivity contribution in [3.63, 3.8) is 0 Å². The Kier molecular flexibility index (Phi) is 5.32. The first-order chi connectivity index (χ1) is 12.5. The molecule has 2 N–H and O–H groups in total. The van der Waals surface area contributed by atoms with Gasteiger partial charge in [-0.15, -0.1) is 0 Å². The number of carbonyl (C=O) groups excluding carboxylic acids is 1. The van der Waals surface area contributed by atoms with Gasteiger partial charge in [0, 0.05) is 11.4 Å². The SMILES string of the molecule is Cc1ccc(C)c(NC(=O)[C@@H](Nc2cccc(F)c2)c2ccccc2)c1. The molecule has 0 bridgehead atoms. The molecule has 3 aromatic carbocycles. The topological polar surface area (TPSA) is 41.1 Å². The van der Waals surface area contributed by atoms with E-state index in [-0.39, 0.29) is 11.7 Å². The van der Waals surface area contributed by atoms with Crippen LogP contribution in [0, 0.1) is 19.7 Å². The van der Waals surface area contributed by atoms with E-state index < -0.39 is 6.04 Å². The third kappa shape index (κ3) is 4.28. The number of nitrogens with one attached hydrogen (secondary N) is 2. The standard InChI is InChI=1S/C22H21FN2O/c1-15-11-12-16(2)20(13-15)25-22(26)21(17-7-4-3-5-8-17)24-19-10-6-9-18(23)14-19/h3-14,21,24H,1-2H3,(H,25,26)/t21-/m0/s1. The first kappa shape index (κ1) is 17.7. The Morgan fingerprint density at radius 1 is 0.923 bits per heavy atom. The zero-order valence-corrected chi connectivity index (χ0v) is 14.8. The molecular weight excluding hydrogens is 327 g/mol. The van der Waals surface area contributed by atoms with Crippen LogP contribution in [-0.2, 0) is 4.79 Å². The maximum Gasteiger partial charge on any atom is 0.251 e. The molecule has 0 saturated carbocycles. The molecule has 3 aromatic rings. The van der Waals surface area contributed by atoms with E-state index in [9.17, 15) is 9.18 Å². The molecule has 0 aliphatic heterocycles. The summed E-state index contributed by atoms with van der Waals surface area (Å²) in [6, 6.07) is 20.8. The third-order valence-electron chi connectivity index (χ3n) is 4.18. The van der Waals surface area contributed by atoms with Crippen LogP contribution < -0.4 is 10.6 Å². The highest BCUT2D eigenvalue weighted by Gasteiger charge is 2.21. The van der Waals surface area contributed by atoms with Gasteiger partial charge in [-0.2, -0.15) is 0 Å². The van der Waals surface area contributed by atoms with Crippen LogP contribution in [0.25, 0.3) is 0 Å². The number of anilines is 2. The Hall–Kier alpha value is -3.14. The summed E-state index contributed by atoms with van der Waals surface area (Å²) in [5, 5.41) is 6.13. The first-order valence-electron chi connectivity index (χ1n) is 8.48. The highest BCUT2D eigenvalue weighted by molar-refractivity contribution is 5.97. The molecule has 0 saturated heterocycles. The monoisotopic (exact) mass is 348 g/mol. The molecule has 26 heavy (non-hydrogen) atoms. The Balaban J connectivity index is 1.90.